The molecule has 1 atom stereocenters. The predicted octanol–water partition coefficient (Wildman–Crippen LogP) is 6.07. The Hall–Kier alpha value is -1.98. The molecule has 0 heterocycles. The summed E-state index contributed by atoms with van der Waals surface area (Å²) in [7, 11) is -10.1. The van der Waals surface area contributed by atoms with E-state index < -0.39 is 32.1 Å². The van der Waals surface area contributed by atoms with Crippen molar-refractivity contribution in [3.8, 4) is 0 Å². The molecular formula is C17H14F6O3S2. The quantitative estimate of drug-likeness (QED) is 0.415. The number of halogens is 6. The van der Waals surface area contributed by atoms with Gasteiger partial charge in [0.2, 0.25) is 0 Å². The number of hydrogen-bond donors (Lipinski definition) is 0. The van der Waals surface area contributed by atoms with Gasteiger partial charge < -0.3 is 0 Å². The fourth-order valence-corrected chi connectivity index (χ4v) is 6.77. The van der Waals surface area contributed by atoms with Crippen molar-refractivity contribution in [2.45, 2.75) is 28.4 Å². The van der Waals surface area contributed by atoms with E-state index in [0.29, 0.717) is 5.41 Å². The van der Waals surface area contributed by atoms with Crippen molar-refractivity contribution in [1.82, 2.24) is 0 Å². The second-order valence-corrected chi connectivity index (χ2v) is 9.79. The summed E-state index contributed by atoms with van der Waals surface area (Å²) in [6.45, 7) is 1.44. The van der Waals surface area contributed by atoms with Gasteiger partial charge in [-0.05, 0) is 46.4 Å². The SMILES string of the molecule is Cc1ccccc1S(C=CC(F)(F)F)(OS(=O)(=O)C(F)(F)F)c1ccccc1. The van der Waals surface area contributed by atoms with Crippen LogP contribution in [0, 0.1) is 6.92 Å². The maximum Gasteiger partial charge on any atom is 0.524 e. The Balaban J connectivity index is 2.88. The fraction of sp³-hybridized carbons (Fsp3) is 0.176. The molecule has 3 nitrogen and oxygen atoms in total. The third kappa shape index (κ3) is 4.89. The van der Waals surface area contributed by atoms with Crippen LogP contribution in [0.3, 0.4) is 0 Å². The standard InChI is InChI=1S/C17H14F6O3S2/c1-13-7-5-6-10-15(13)27(12-11-16(18,19)20,14-8-3-2-4-9-14)26-28(24,25)17(21,22)23/h2-12H,1H3. The summed E-state index contributed by atoms with van der Waals surface area (Å²) in [6.07, 6.45) is -5.21. The summed E-state index contributed by atoms with van der Waals surface area (Å²) >= 11 is 0. The molecule has 0 aromatic heterocycles. The Morgan fingerprint density at radius 2 is 1.39 bits per heavy atom. The number of aryl methyl sites for hydroxylation is 1. The molecule has 0 amide bonds. The molecule has 28 heavy (non-hydrogen) atoms. The van der Waals surface area contributed by atoms with Gasteiger partial charge >= 0.3 is 21.8 Å². The third-order valence-electron chi connectivity index (χ3n) is 3.44. The maximum atomic E-state index is 13.0. The van der Waals surface area contributed by atoms with Crippen molar-refractivity contribution in [3.63, 3.8) is 0 Å². The van der Waals surface area contributed by atoms with E-state index in [1.165, 1.54) is 61.5 Å². The minimum Gasteiger partial charge on any atom is -0.200 e. The average Bonchev–Trinajstić information content (AvgIpc) is 2.58. The Morgan fingerprint density at radius 3 is 1.89 bits per heavy atom. The lowest BCUT2D eigenvalue weighted by molar-refractivity contribution is -0.0797. The smallest absolute Gasteiger partial charge is 0.200 e. The molecule has 0 aliphatic carbocycles. The van der Waals surface area contributed by atoms with Crippen LogP contribution in [-0.4, -0.2) is 20.1 Å². The van der Waals surface area contributed by atoms with Crippen LogP contribution >= 0.6 is 10.3 Å². The third-order valence-corrected chi connectivity index (χ3v) is 8.19. The first-order valence-corrected chi connectivity index (χ1v) is 10.5. The molecule has 11 heteroatoms. The van der Waals surface area contributed by atoms with E-state index in [0.717, 1.165) is 0 Å². The van der Waals surface area contributed by atoms with Crippen LogP contribution in [0.15, 0.2) is 75.9 Å². The van der Waals surface area contributed by atoms with Crippen molar-refractivity contribution in [3.05, 3.63) is 71.6 Å². The normalized spacial score (nSPS) is 16.7. The molecule has 2 rings (SSSR count). The zero-order valence-electron chi connectivity index (χ0n) is 14.2. The molecule has 0 aliphatic rings. The summed E-state index contributed by atoms with van der Waals surface area (Å²) in [5.41, 5.74) is -5.54. The van der Waals surface area contributed by atoms with Gasteiger partial charge in [0.1, 0.15) is 0 Å². The zero-order chi connectivity index (χ0) is 21.2. The fourth-order valence-electron chi connectivity index (χ4n) is 2.25. The highest BCUT2D eigenvalue weighted by Gasteiger charge is 2.52. The van der Waals surface area contributed by atoms with Crippen molar-refractivity contribution < 1.29 is 38.4 Å². The Labute approximate surface area is 159 Å². The molecule has 0 spiro atoms. The predicted molar refractivity (Wildman–Crippen MR) is 93.0 cm³/mol. The molecule has 1 unspecified atom stereocenters. The minimum atomic E-state index is -6.22. The van der Waals surface area contributed by atoms with E-state index >= 15 is 0 Å². The van der Waals surface area contributed by atoms with Crippen LogP contribution < -0.4 is 0 Å². The van der Waals surface area contributed by atoms with Crippen molar-refractivity contribution in [2.24, 2.45) is 0 Å². The van der Waals surface area contributed by atoms with Gasteiger partial charge in [0, 0.05) is 15.9 Å². The molecule has 0 N–H and O–H groups in total. The van der Waals surface area contributed by atoms with Gasteiger partial charge in [0.25, 0.3) is 0 Å². The Bertz CT molecular complexity index is 953. The van der Waals surface area contributed by atoms with E-state index in [9.17, 15) is 34.8 Å². The van der Waals surface area contributed by atoms with E-state index in [1.807, 2.05) is 0 Å². The molecule has 0 bridgehead atoms. The van der Waals surface area contributed by atoms with Crippen LogP contribution in [0.1, 0.15) is 5.56 Å². The van der Waals surface area contributed by atoms with Crippen LogP contribution in [0.25, 0.3) is 0 Å². The molecule has 2 aromatic carbocycles. The lowest BCUT2D eigenvalue weighted by Crippen LogP contribution is -2.27. The lowest BCUT2D eigenvalue weighted by atomic mass is 10.2. The highest BCUT2D eigenvalue weighted by atomic mass is 32.3. The van der Waals surface area contributed by atoms with E-state index in [-0.39, 0.29) is 21.4 Å². The van der Waals surface area contributed by atoms with Crippen LogP contribution in [0.4, 0.5) is 26.3 Å². The molecule has 0 radical (unpaired) electrons. The number of alkyl halides is 6. The molecular weight excluding hydrogens is 430 g/mol. The number of allylic oxidation sites excluding steroid dienone is 1. The highest BCUT2D eigenvalue weighted by Crippen LogP contribution is 2.67. The van der Waals surface area contributed by atoms with E-state index in [2.05, 4.69) is 3.63 Å². The largest absolute Gasteiger partial charge is 0.524 e. The first-order valence-electron chi connectivity index (χ1n) is 7.51. The van der Waals surface area contributed by atoms with E-state index in [1.54, 1.807) is 0 Å². The summed E-state index contributed by atoms with van der Waals surface area (Å²) in [5, 5.41) is 0.355. The first kappa shape index (κ1) is 22.3. The van der Waals surface area contributed by atoms with Crippen LogP contribution in [0.2, 0.25) is 0 Å². The average molecular weight is 444 g/mol. The van der Waals surface area contributed by atoms with Gasteiger partial charge in [-0.1, -0.05) is 36.4 Å². The molecule has 0 fully saturated rings. The van der Waals surface area contributed by atoms with Crippen LogP contribution in [0.5, 0.6) is 0 Å². The van der Waals surface area contributed by atoms with Gasteiger partial charge in [0.15, 0.2) is 0 Å². The molecule has 0 saturated heterocycles. The topological polar surface area (TPSA) is 43.4 Å². The Kier molecular flexibility index (Phi) is 6.22. The first-order chi connectivity index (χ1) is 12.8. The van der Waals surface area contributed by atoms with Crippen molar-refractivity contribution >= 4 is 20.4 Å². The lowest BCUT2D eigenvalue weighted by Gasteiger charge is -2.37. The second-order valence-electron chi connectivity index (χ2n) is 5.49. The monoisotopic (exact) mass is 444 g/mol. The number of rotatable bonds is 5. The summed E-state index contributed by atoms with van der Waals surface area (Å²) < 4.78 is 106. The van der Waals surface area contributed by atoms with Crippen molar-refractivity contribution in [2.75, 3.05) is 0 Å². The molecule has 2 aromatic rings. The van der Waals surface area contributed by atoms with Gasteiger partial charge in [-0.15, -0.1) is 0 Å². The molecule has 154 valence electrons. The van der Waals surface area contributed by atoms with Crippen LogP contribution in [-0.2, 0) is 13.7 Å². The van der Waals surface area contributed by atoms with E-state index in [4.69, 9.17) is 0 Å². The highest BCUT2D eigenvalue weighted by molar-refractivity contribution is 8.35. The maximum absolute atomic E-state index is 13.0. The zero-order valence-corrected chi connectivity index (χ0v) is 15.8. The Morgan fingerprint density at radius 1 is 0.857 bits per heavy atom. The number of hydrogen-bond acceptors (Lipinski definition) is 3. The number of benzene rings is 2. The second kappa shape index (κ2) is 7.80. The van der Waals surface area contributed by atoms with Gasteiger partial charge in [-0.3, -0.25) is 0 Å². The molecule has 0 saturated carbocycles. The summed E-state index contributed by atoms with van der Waals surface area (Å²) in [6, 6.07) is 12.2. The molecule has 0 aliphatic heterocycles. The van der Waals surface area contributed by atoms with Gasteiger partial charge in [-0.2, -0.15) is 34.8 Å². The summed E-state index contributed by atoms with van der Waals surface area (Å²) in [5.74, 6) is 0. The summed E-state index contributed by atoms with van der Waals surface area (Å²) in [4.78, 5) is -0.243. The van der Waals surface area contributed by atoms with Gasteiger partial charge in [0.05, 0.1) is 0 Å². The minimum absolute atomic E-state index is 0.102. The van der Waals surface area contributed by atoms with Gasteiger partial charge in [-0.25, -0.2) is 3.63 Å². The van der Waals surface area contributed by atoms with Crippen molar-refractivity contribution in [1.29, 1.82) is 0 Å².